The number of hydrogen-bond acceptors (Lipinski definition) is 7. The number of nitrogens with one attached hydrogen (secondary N) is 2. The first-order valence-corrected chi connectivity index (χ1v) is 10.3. The van der Waals surface area contributed by atoms with Crippen molar-refractivity contribution >= 4 is 5.95 Å². The lowest BCUT2D eigenvalue weighted by molar-refractivity contribution is -0.186. The van der Waals surface area contributed by atoms with E-state index in [4.69, 9.17) is 14.5 Å². The van der Waals surface area contributed by atoms with E-state index in [0.29, 0.717) is 48.6 Å². The standard InChI is InChI=1S/C23H21FN6O2/c24-17-4-2-16(3-5-17)19-20(30-21(29-19)22-31-12-1-13-32-22)18-8-11-26-23(28-18)27-14-15-6-9-25-10-7-15/h2-11,22H,1,12-14H2,(H,29,30)(H,26,27,28). The van der Waals surface area contributed by atoms with Gasteiger partial charge in [-0.2, -0.15) is 0 Å². The maximum Gasteiger partial charge on any atom is 0.223 e. The maximum atomic E-state index is 13.5. The van der Waals surface area contributed by atoms with Crippen LogP contribution in [-0.4, -0.2) is 38.1 Å². The van der Waals surface area contributed by atoms with Crippen molar-refractivity contribution in [2.45, 2.75) is 19.3 Å². The molecule has 5 rings (SSSR count). The number of ether oxygens (including phenoxy) is 2. The van der Waals surface area contributed by atoms with E-state index in [0.717, 1.165) is 17.5 Å². The Morgan fingerprint density at radius 1 is 0.969 bits per heavy atom. The van der Waals surface area contributed by atoms with Gasteiger partial charge < -0.3 is 19.8 Å². The van der Waals surface area contributed by atoms with Crippen LogP contribution >= 0.6 is 0 Å². The Kier molecular flexibility index (Phi) is 5.82. The Morgan fingerprint density at radius 3 is 2.53 bits per heavy atom. The average Bonchev–Trinajstić information content (AvgIpc) is 3.30. The molecular formula is C23H21FN6O2. The quantitative estimate of drug-likeness (QED) is 0.473. The lowest BCUT2D eigenvalue weighted by Crippen LogP contribution is -2.18. The lowest BCUT2D eigenvalue weighted by atomic mass is 10.1. The van der Waals surface area contributed by atoms with Crippen molar-refractivity contribution in [2.24, 2.45) is 0 Å². The van der Waals surface area contributed by atoms with Gasteiger partial charge in [0.2, 0.25) is 12.2 Å². The highest BCUT2D eigenvalue weighted by Crippen LogP contribution is 2.32. The fourth-order valence-electron chi connectivity index (χ4n) is 3.42. The minimum atomic E-state index is -0.581. The molecule has 0 unspecified atom stereocenters. The molecule has 0 saturated carbocycles. The largest absolute Gasteiger partial charge is 0.350 e. The summed E-state index contributed by atoms with van der Waals surface area (Å²) in [7, 11) is 0. The molecule has 3 aromatic heterocycles. The first-order valence-electron chi connectivity index (χ1n) is 10.3. The first kappa shape index (κ1) is 20.2. The molecule has 1 aromatic carbocycles. The van der Waals surface area contributed by atoms with E-state index in [1.54, 1.807) is 36.8 Å². The topological polar surface area (TPSA) is 97.8 Å². The lowest BCUT2D eigenvalue weighted by Gasteiger charge is -2.21. The van der Waals surface area contributed by atoms with Crippen LogP contribution in [0.5, 0.6) is 0 Å². The number of pyridine rings is 1. The molecule has 4 heterocycles. The highest BCUT2D eigenvalue weighted by molar-refractivity contribution is 5.77. The summed E-state index contributed by atoms with van der Waals surface area (Å²) in [5.41, 5.74) is 3.78. The molecule has 1 saturated heterocycles. The molecule has 162 valence electrons. The third-order valence-electron chi connectivity index (χ3n) is 5.00. The number of halogens is 1. The monoisotopic (exact) mass is 432 g/mol. The molecule has 0 bridgehead atoms. The zero-order valence-corrected chi connectivity index (χ0v) is 17.2. The number of rotatable bonds is 6. The van der Waals surface area contributed by atoms with Gasteiger partial charge in [0.05, 0.1) is 30.3 Å². The van der Waals surface area contributed by atoms with Crippen LogP contribution in [0.4, 0.5) is 10.3 Å². The number of anilines is 1. The molecule has 0 aliphatic carbocycles. The van der Waals surface area contributed by atoms with Gasteiger partial charge in [-0.05, 0) is 54.4 Å². The normalized spacial score (nSPS) is 14.4. The van der Waals surface area contributed by atoms with Crippen LogP contribution in [0, 0.1) is 5.82 Å². The highest BCUT2D eigenvalue weighted by atomic mass is 19.1. The summed E-state index contributed by atoms with van der Waals surface area (Å²) in [6.45, 7) is 1.76. The molecule has 4 aromatic rings. The number of aromatic nitrogens is 5. The van der Waals surface area contributed by atoms with Gasteiger partial charge >= 0.3 is 0 Å². The summed E-state index contributed by atoms with van der Waals surface area (Å²) < 4.78 is 24.9. The third kappa shape index (κ3) is 4.48. The van der Waals surface area contributed by atoms with E-state index < -0.39 is 6.29 Å². The van der Waals surface area contributed by atoms with Gasteiger partial charge in [0.1, 0.15) is 5.82 Å². The second kappa shape index (κ2) is 9.21. The number of imidazole rings is 1. The van der Waals surface area contributed by atoms with Gasteiger partial charge in [-0.3, -0.25) is 4.98 Å². The van der Waals surface area contributed by atoms with Crippen LogP contribution in [0.1, 0.15) is 24.1 Å². The van der Waals surface area contributed by atoms with Crippen molar-refractivity contribution in [3.8, 4) is 22.6 Å². The Balaban J connectivity index is 1.48. The van der Waals surface area contributed by atoms with Crippen molar-refractivity contribution in [3.05, 3.63) is 78.3 Å². The van der Waals surface area contributed by atoms with Crippen molar-refractivity contribution < 1.29 is 13.9 Å². The predicted octanol–water partition coefficient (Wildman–Crippen LogP) is 4.12. The van der Waals surface area contributed by atoms with E-state index in [-0.39, 0.29) is 5.82 Å². The fourth-order valence-corrected chi connectivity index (χ4v) is 3.42. The van der Waals surface area contributed by atoms with Gasteiger partial charge in [0.25, 0.3) is 0 Å². The van der Waals surface area contributed by atoms with Gasteiger partial charge in [-0.1, -0.05) is 0 Å². The van der Waals surface area contributed by atoms with Gasteiger partial charge in [0.15, 0.2) is 5.82 Å². The number of nitrogens with zero attached hydrogens (tertiary/aromatic N) is 4. The Hall–Kier alpha value is -3.69. The molecule has 8 nitrogen and oxygen atoms in total. The molecule has 1 aliphatic heterocycles. The van der Waals surface area contributed by atoms with E-state index in [2.05, 4.69) is 25.3 Å². The Morgan fingerprint density at radius 2 is 1.75 bits per heavy atom. The number of hydrogen-bond donors (Lipinski definition) is 2. The molecule has 2 N–H and O–H groups in total. The van der Waals surface area contributed by atoms with Crippen molar-refractivity contribution in [3.63, 3.8) is 0 Å². The molecular weight excluding hydrogens is 411 g/mol. The minimum absolute atomic E-state index is 0.311. The summed E-state index contributed by atoms with van der Waals surface area (Å²) >= 11 is 0. The van der Waals surface area contributed by atoms with Gasteiger partial charge in [0, 0.05) is 30.7 Å². The zero-order valence-electron chi connectivity index (χ0n) is 17.2. The molecule has 0 spiro atoms. The van der Waals surface area contributed by atoms with Crippen LogP contribution < -0.4 is 5.32 Å². The smallest absolute Gasteiger partial charge is 0.223 e. The molecule has 9 heteroatoms. The van der Waals surface area contributed by atoms with Crippen LogP contribution in [-0.2, 0) is 16.0 Å². The summed E-state index contributed by atoms with van der Waals surface area (Å²) in [5, 5.41) is 3.22. The van der Waals surface area contributed by atoms with E-state index >= 15 is 0 Å². The van der Waals surface area contributed by atoms with Crippen LogP contribution in [0.25, 0.3) is 22.6 Å². The van der Waals surface area contributed by atoms with Gasteiger partial charge in [-0.25, -0.2) is 19.3 Å². The first-order chi connectivity index (χ1) is 15.8. The Bertz CT molecular complexity index is 1180. The van der Waals surface area contributed by atoms with Crippen molar-refractivity contribution in [1.82, 2.24) is 24.9 Å². The second-order valence-corrected chi connectivity index (χ2v) is 7.25. The Labute approximate surface area is 183 Å². The average molecular weight is 432 g/mol. The second-order valence-electron chi connectivity index (χ2n) is 7.25. The van der Waals surface area contributed by atoms with Crippen molar-refractivity contribution in [2.75, 3.05) is 18.5 Å². The van der Waals surface area contributed by atoms with E-state index in [1.807, 2.05) is 12.1 Å². The fraction of sp³-hybridized carbons (Fsp3) is 0.217. The number of H-pyrrole nitrogens is 1. The summed E-state index contributed by atoms with van der Waals surface area (Å²) in [6, 6.07) is 11.8. The molecule has 1 fully saturated rings. The zero-order chi connectivity index (χ0) is 21.8. The predicted molar refractivity (Wildman–Crippen MR) is 116 cm³/mol. The van der Waals surface area contributed by atoms with Gasteiger partial charge in [-0.15, -0.1) is 0 Å². The molecule has 0 radical (unpaired) electrons. The van der Waals surface area contributed by atoms with Crippen LogP contribution in [0.2, 0.25) is 0 Å². The number of aromatic amines is 1. The van der Waals surface area contributed by atoms with Crippen molar-refractivity contribution in [1.29, 1.82) is 0 Å². The molecule has 32 heavy (non-hydrogen) atoms. The van der Waals surface area contributed by atoms with Crippen LogP contribution in [0.15, 0.2) is 61.1 Å². The minimum Gasteiger partial charge on any atom is -0.350 e. The summed E-state index contributed by atoms with van der Waals surface area (Å²) in [5.74, 6) is 0.712. The van der Waals surface area contributed by atoms with Crippen LogP contribution in [0.3, 0.4) is 0 Å². The SMILES string of the molecule is Fc1ccc(-c2nc(C3OCCCO3)[nH]c2-c2ccnc(NCc3ccncc3)n2)cc1. The van der Waals surface area contributed by atoms with E-state index in [9.17, 15) is 4.39 Å². The molecule has 1 aliphatic rings. The summed E-state index contributed by atoms with van der Waals surface area (Å²) in [6.07, 6.45) is 5.42. The molecule has 0 amide bonds. The summed E-state index contributed by atoms with van der Waals surface area (Å²) in [4.78, 5) is 21.0. The van der Waals surface area contributed by atoms with E-state index in [1.165, 1.54) is 12.1 Å². The third-order valence-corrected chi connectivity index (χ3v) is 5.00. The molecule has 0 atom stereocenters. The maximum absolute atomic E-state index is 13.5. The number of benzene rings is 1. The highest BCUT2D eigenvalue weighted by Gasteiger charge is 2.24.